The number of aromatic nitrogens is 3. The van der Waals surface area contributed by atoms with E-state index in [9.17, 15) is 9.90 Å². The summed E-state index contributed by atoms with van der Waals surface area (Å²) in [6.45, 7) is 5.79. The number of aryl methyl sites for hydroxylation is 1. The lowest BCUT2D eigenvalue weighted by Crippen LogP contribution is -2.36. The Kier molecular flexibility index (Phi) is 6.59. The topological polar surface area (TPSA) is 98.9 Å². The summed E-state index contributed by atoms with van der Waals surface area (Å²) in [5.41, 5.74) is 3.40. The van der Waals surface area contributed by atoms with E-state index in [0.29, 0.717) is 27.9 Å². The van der Waals surface area contributed by atoms with Gasteiger partial charge in [0.05, 0.1) is 29.3 Å². The number of imidazole rings is 1. The zero-order chi connectivity index (χ0) is 28.2. The fourth-order valence-corrected chi connectivity index (χ4v) is 6.02. The Morgan fingerprint density at radius 1 is 1.20 bits per heavy atom. The number of hydrogen-bond donors (Lipinski definition) is 1. The fourth-order valence-electron chi connectivity index (χ4n) is 5.91. The molecule has 0 bridgehead atoms. The first-order valence-electron chi connectivity index (χ1n) is 13.3. The van der Waals surface area contributed by atoms with Crippen molar-refractivity contribution in [2.24, 2.45) is 7.05 Å². The van der Waals surface area contributed by atoms with Crippen molar-refractivity contribution in [3.8, 4) is 17.2 Å². The molecule has 0 aliphatic carbocycles. The highest BCUT2D eigenvalue weighted by atomic mass is 35.5. The van der Waals surface area contributed by atoms with Gasteiger partial charge in [-0.05, 0) is 69.1 Å². The molecule has 0 saturated carbocycles. The highest BCUT2D eigenvalue weighted by Gasteiger charge is 2.42. The number of piperidine rings is 1. The first-order chi connectivity index (χ1) is 19.2. The molecule has 1 N–H and O–H groups in total. The first kappa shape index (κ1) is 26.4. The molecule has 1 fully saturated rings. The number of benzene rings is 2. The van der Waals surface area contributed by atoms with E-state index >= 15 is 0 Å². The van der Waals surface area contributed by atoms with Crippen LogP contribution in [0.25, 0.3) is 11.0 Å². The van der Waals surface area contributed by atoms with Crippen LogP contribution < -0.4 is 14.2 Å². The van der Waals surface area contributed by atoms with Crippen molar-refractivity contribution in [3.63, 3.8) is 0 Å². The van der Waals surface area contributed by atoms with Crippen molar-refractivity contribution >= 4 is 28.6 Å². The van der Waals surface area contributed by atoms with Crippen LogP contribution in [0.3, 0.4) is 0 Å². The van der Waals surface area contributed by atoms with Gasteiger partial charge in [0.1, 0.15) is 22.8 Å². The lowest BCUT2D eigenvalue weighted by Gasteiger charge is -2.36. The Labute approximate surface area is 237 Å². The highest BCUT2D eigenvalue weighted by molar-refractivity contribution is 6.30. The van der Waals surface area contributed by atoms with Gasteiger partial charge in [0, 0.05) is 25.7 Å². The summed E-state index contributed by atoms with van der Waals surface area (Å²) >= 11 is 6.03. The van der Waals surface area contributed by atoms with Crippen LogP contribution in [0.1, 0.15) is 66.1 Å². The number of para-hydroxylation sites is 1. The minimum absolute atomic E-state index is 0.0386. The molecule has 6 rings (SSSR count). The Bertz CT molecular complexity index is 1600. The van der Waals surface area contributed by atoms with Crippen molar-refractivity contribution in [1.29, 1.82) is 0 Å². The van der Waals surface area contributed by atoms with E-state index in [4.69, 9.17) is 30.8 Å². The van der Waals surface area contributed by atoms with Crippen molar-refractivity contribution in [3.05, 3.63) is 76.3 Å². The maximum atomic E-state index is 11.6. The number of ether oxygens (including phenoxy) is 3. The standard InChI is InChI=1S/C30H31ClN4O5/c1-17(28-33-26-22(34(28)3)14-19(29(36)37)15-24(26)38-4)35-12-10-18(11-13-35)21-6-5-7-23-27(21)40-30(2,39-23)25-9-8-20(31)16-32-25/h5-9,14-18H,10-13H2,1-4H3,(H,36,37)/t17-,30+/m1/s1. The summed E-state index contributed by atoms with van der Waals surface area (Å²) in [7, 11) is 3.46. The summed E-state index contributed by atoms with van der Waals surface area (Å²) in [5, 5.41) is 10.1. The third-order valence-electron chi connectivity index (χ3n) is 8.15. The van der Waals surface area contributed by atoms with E-state index in [0.717, 1.165) is 54.3 Å². The Hall–Kier alpha value is -3.82. The van der Waals surface area contributed by atoms with Crippen LogP contribution in [-0.2, 0) is 12.8 Å². The van der Waals surface area contributed by atoms with E-state index in [1.54, 1.807) is 18.3 Å². The molecule has 2 aliphatic heterocycles. The average molecular weight is 563 g/mol. The Morgan fingerprint density at radius 3 is 2.65 bits per heavy atom. The summed E-state index contributed by atoms with van der Waals surface area (Å²) in [6.07, 6.45) is 3.51. The molecule has 9 nitrogen and oxygen atoms in total. The molecule has 2 aromatic carbocycles. The van der Waals surface area contributed by atoms with Crippen LogP contribution in [0.2, 0.25) is 5.02 Å². The minimum atomic E-state index is -1.01. The van der Waals surface area contributed by atoms with Crippen molar-refractivity contribution < 1.29 is 24.1 Å². The summed E-state index contributed by atoms with van der Waals surface area (Å²) in [5.74, 6) is 1.15. The van der Waals surface area contributed by atoms with E-state index < -0.39 is 11.8 Å². The summed E-state index contributed by atoms with van der Waals surface area (Å²) in [4.78, 5) is 23.4. The smallest absolute Gasteiger partial charge is 0.335 e. The number of methoxy groups -OCH3 is 1. The molecule has 0 radical (unpaired) electrons. The molecule has 208 valence electrons. The van der Waals surface area contributed by atoms with Crippen LogP contribution in [-0.4, -0.2) is 50.7 Å². The van der Waals surface area contributed by atoms with Gasteiger partial charge in [0.15, 0.2) is 11.5 Å². The van der Waals surface area contributed by atoms with E-state index in [1.165, 1.54) is 13.2 Å². The predicted molar refractivity (Wildman–Crippen MR) is 150 cm³/mol. The lowest BCUT2D eigenvalue weighted by atomic mass is 9.88. The molecule has 2 aliphatic rings. The predicted octanol–water partition coefficient (Wildman–Crippen LogP) is 5.91. The molecule has 0 unspecified atom stereocenters. The minimum Gasteiger partial charge on any atom is -0.494 e. The van der Waals surface area contributed by atoms with Gasteiger partial charge >= 0.3 is 5.97 Å². The molecule has 4 heterocycles. The number of pyridine rings is 1. The number of rotatable bonds is 6. The third-order valence-corrected chi connectivity index (χ3v) is 8.37. The highest BCUT2D eigenvalue weighted by Crippen LogP contribution is 2.49. The van der Waals surface area contributed by atoms with Gasteiger partial charge in [0.2, 0.25) is 0 Å². The SMILES string of the molecule is COc1cc(C(=O)O)cc2c1nc([C@@H](C)N1CCC(c3cccc4c3O[C@@](C)(c3ccc(Cl)cn3)O4)CC1)n2C. The van der Waals surface area contributed by atoms with Gasteiger partial charge in [-0.2, -0.15) is 0 Å². The molecule has 2 atom stereocenters. The van der Waals surface area contributed by atoms with Gasteiger partial charge in [-0.1, -0.05) is 23.7 Å². The van der Waals surface area contributed by atoms with Crippen LogP contribution in [0.15, 0.2) is 48.7 Å². The Morgan fingerprint density at radius 2 is 1.98 bits per heavy atom. The van der Waals surface area contributed by atoms with Crippen LogP contribution in [0.5, 0.6) is 17.2 Å². The number of carbonyl (C=O) groups is 1. The molecular weight excluding hydrogens is 532 g/mol. The maximum Gasteiger partial charge on any atom is 0.335 e. The zero-order valence-electron chi connectivity index (χ0n) is 22.8. The quantitative estimate of drug-likeness (QED) is 0.309. The number of carboxylic acids is 1. The van der Waals surface area contributed by atoms with Gasteiger partial charge in [0.25, 0.3) is 5.79 Å². The van der Waals surface area contributed by atoms with Gasteiger partial charge < -0.3 is 23.9 Å². The van der Waals surface area contributed by atoms with Crippen LogP contribution in [0, 0.1) is 0 Å². The number of fused-ring (bicyclic) bond motifs is 2. The third kappa shape index (κ3) is 4.43. The van der Waals surface area contributed by atoms with Gasteiger partial charge in [-0.25, -0.2) is 9.78 Å². The second-order valence-corrected chi connectivity index (χ2v) is 11.0. The van der Waals surface area contributed by atoms with Crippen LogP contribution >= 0.6 is 11.6 Å². The van der Waals surface area contributed by atoms with E-state index in [-0.39, 0.29) is 11.6 Å². The fraction of sp³-hybridized carbons (Fsp3) is 0.367. The Balaban J connectivity index is 1.20. The molecular formula is C30H31ClN4O5. The lowest BCUT2D eigenvalue weighted by molar-refractivity contribution is -0.0722. The number of aromatic carboxylic acids is 1. The number of nitrogens with zero attached hydrogens (tertiary/aromatic N) is 4. The number of hydrogen-bond acceptors (Lipinski definition) is 7. The monoisotopic (exact) mass is 562 g/mol. The second kappa shape index (κ2) is 9.98. The number of carboxylic acid groups (broad SMARTS) is 1. The summed E-state index contributed by atoms with van der Waals surface area (Å²) in [6, 6.07) is 12.9. The van der Waals surface area contributed by atoms with Crippen LogP contribution in [0.4, 0.5) is 0 Å². The molecule has 40 heavy (non-hydrogen) atoms. The van der Waals surface area contributed by atoms with Crippen molar-refractivity contribution in [2.45, 2.75) is 44.4 Å². The molecule has 2 aromatic heterocycles. The number of halogens is 1. The van der Waals surface area contributed by atoms with E-state index in [2.05, 4.69) is 22.9 Å². The molecule has 4 aromatic rings. The van der Waals surface area contributed by atoms with Gasteiger partial charge in [-0.15, -0.1) is 0 Å². The molecule has 1 saturated heterocycles. The first-order valence-corrected chi connectivity index (χ1v) is 13.7. The van der Waals surface area contributed by atoms with Crippen molar-refractivity contribution in [1.82, 2.24) is 19.4 Å². The molecule has 0 amide bonds. The van der Waals surface area contributed by atoms with E-state index in [1.807, 2.05) is 36.7 Å². The molecule has 10 heteroatoms. The maximum absolute atomic E-state index is 11.6. The summed E-state index contributed by atoms with van der Waals surface area (Å²) < 4.78 is 20.1. The van der Waals surface area contributed by atoms with Gasteiger partial charge in [-0.3, -0.25) is 9.88 Å². The average Bonchev–Trinajstić information content (AvgIpc) is 3.49. The second-order valence-electron chi connectivity index (χ2n) is 10.6. The number of likely N-dealkylation sites (tertiary alicyclic amines) is 1. The molecule has 0 spiro atoms. The zero-order valence-corrected chi connectivity index (χ0v) is 23.6. The largest absolute Gasteiger partial charge is 0.494 e. The van der Waals surface area contributed by atoms with Crippen molar-refractivity contribution in [2.75, 3.05) is 20.2 Å². The normalized spacial score (nSPS) is 20.1.